The van der Waals surface area contributed by atoms with Crippen LogP contribution in [0.2, 0.25) is 0 Å². The molecule has 2 aliphatic rings. The minimum Gasteiger partial charge on any atom is -0.356 e. The van der Waals surface area contributed by atoms with Gasteiger partial charge in [0.25, 0.3) is 0 Å². The fourth-order valence-corrected chi connectivity index (χ4v) is 7.49. The summed E-state index contributed by atoms with van der Waals surface area (Å²) in [6.45, 7) is 7.29. The van der Waals surface area contributed by atoms with Crippen molar-refractivity contribution in [1.29, 1.82) is 0 Å². The van der Waals surface area contributed by atoms with E-state index in [0.717, 1.165) is 49.5 Å². The van der Waals surface area contributed by atoms with Crippen molar-refractivity contribution in [3.05, 3.63) is 59.2 Å². The van der Waals surface area contributed by atoms with Crippen LogP contribution >= 0.6 is 0 Å². The average Bonchev–Trinajstić information content (AvgIpc) is 3.00. The smallest absolute Gasteiger partial charge is 0.219 e. The van der Waals surface area contributed by atoms with Gasteiger partial charge in [0.05, 0.1) is 0 Å². The molecule has 0 aliphatic heterocycles. The summed E-state index contributed by atoms with van der Waals surface area (Å²) in [6.07, 6.45) is 21.1. The summed E-state index contributed by atoms with van der Waals surface area (Å²) in [4.78, 5) is 11.4. The second kappa shape index (κ2) is 15.6. The van der Waals surface area contributed by atoms with Crippen LogP contribution in [0, 0.1) is 17.8 Å². The van der Waals surface area contributed by atoms with Gasteiger partial charge in [-0.1, -0.05) is 102 Å². The van der Waals surface area contributed by atoms with Gasteiger partial charge in [0.2, 0.25) is 5.91 Å². The second-order valence-corrected chi connectivity index (χ2v) is 12.7. The molecular weight excluding hydrogens is 474 g/mol. The van der Waals surface area contributed by atoms with Crippen LogP contribution in [0.15, 0.2) is 42.5 Å². The zero-order valence-electron chi connectivity index (χ0n) is 25.3. The fraction of sp³-hybridized carbons (Fsp3) is 0.649. The molecule has 2 nitrogen and oxygen atoms in total. The SMILES string of the molecule is CCCCCC1CCC(C2CCC(c3ccc(-c4ccc(CCCNC(=O)CC)cc4)c(CC)c3)CC2)CC1. The molecule has 1 amide bonds. The molecule has 0 unspecified atom stereocenters. The van der Waals surface area contributed by atoms with Gasteiger partial charge in [0.15, 0.2) is 0 Å². The summed E-state index contributed by atoms with van der Waals surface area (Å²) >= 11 is 0. The predicted octanol–water partition coefficient (Wildman–Crippen LogP) is 10.0. The number of nitrogens with one attached hydrogen (secondary N) is 1. The zero-order chi connectivity index (χ0) is 27.5. The van der Waals surface area contributed by atoms with Crippen molar-refractivity contribution in [2.45, 2.75) is 129 Å². The Labute approximate surface area is 239 Å². The van der Waals surface area contributed by atoms with Crippen molar-refractivity contribution in [2.24, 2.45) is 17.8 Å². The molecule has 39 heavy (non-hydrogen) atoms. The van der Waals surface area contributed by atoms with E-state index < -0.39 is 0 Å². The quantitative estimate of drug-likeness (QED) is 0.257. The van der Waals surface area contributed by atoms with Crippen molar-refractivity contribution in [3.63, 3.8) is 0 Å². The van der Waals surface area contributed by atoms with Crippen LogP contribution in [0.5, 0.6) is 0 Å². The monoisotopic (exact) mass is 529 g/mol. The topological polar surface area (TPSA) is 29.1 Å². The maximum Gasteiger partial charge on any atom is 0.219 e. The number of aryl methyl sites for hydroxylation is 2. The summed E-state index contributed by atoms with van der Waals surface area (Å²) in [5, 5.41) is 2.98. The van der Waals surface area contributed by atoms with E-state index in [0.29, 0.717) is 6.42 Å². The van der Waals surface area contributed by atoms with Crippen molar-refractivity contribution in [1.82, 2.24) is 5.32 Å². The lowest BCUT2D eigenvalue weighted by atomic mass is 9.68. The predicted molar refractivity (Wildman–Crippen MR) is 167 cm³/mol. The number of hydrogen-bond acceptors (Lipinski definition) is 1. The van der Waals surface area contributed by atoms with Gasteiger partial charge < -0.3 is 5.32 Å². The van der Waals surface area contributed by atoms with Gasteiger partial charge in [-0.2, -0.15) is 0 Å². The summed E-state index contributed by atoms with van der Waals surface area (Å²) in [5.74, 6) is 3.93. The van der Waals surface area contributed by atoms with Crippen LogP contribution in [0.25, 0.3) is 11.1 Å². The molecule has 2 heteroatoms. The molecule has 0 heterocycles. The van der Waals surface area contributed by atoms with E-state index in [1.54, 1.807) is 5.56 Å². The van der Waals surface area contributed by atoms with E-state index in [4.69, 9.17) is 0 Å². The van der Waals surface area contributed by atoms with E-state index in [9.17, 15) is 4.79 Å². The third-order valence-corrected chi connectivity index (χ3v) is 10.1. The highest BCUT2D eigenvalue weighted by Crippen LogP contribution is 2.45. The lowest BCUT2D eigenvalue weighted by Gasteiger charge is -2.38. The van der Waals surface area contributed by atoms with E-state index in [-0.39, 0.29) is 5.91 Å². The Kier molecular flexibility index (Phi) is 12.0. The lowest BCUT2D eigenvalue weighted by molar-refractivity contribution is -0.120. The molecule has 2 saturated carbocycles. The highest BCUT2D eigenvalue weighted by Gasteiger charge is 2.31. The van der Waals surface area contributed by atoms with E-state index in [1.165, 1.54) is 99.3 Å². The minimum atomic E-state index is 0.143. The number of unbranched alkanes of at least 4 members (excludes halogenated alkanes) is 2. The first-order valence-electron chi connectivity index (χ1n) is 16.6. The maximum absolute atomic E-state index is 11.4. The zero-order valence-corrected chi connectivity index (χ0v) is 25.3. The van der Waals surface area contributed by atoms with Gasteiger partial charge in [0.1, 0.15) is 0 Å². The molecule has 1 N–H and O–H groups in total. The van der Waals surface area contributed by atoms with Crippen molar-refractivity contribution in [2.75, 3.05) is 6.54 Å². The molecule has 0 spiro atoms. The van der Waals surface area contributed by atoms with Gasteiger partial charge in [-0.3, -0.25) is 4.79 Å². The number of rotatable bonds is 13. The molecule has 0 atom stereocenters. The molecule has 2 aliphatic carbocycles. The van der Waals surface area contributed by atoms with Crippen LogP contribution in [-0.4, -0.2) is 12.5 Å². The molecule has 0 aromatic heterocycles. The number of hydrogen-bond donors (Lipinski definition) is 1. The summed E-state index contributed by atoms with van der Waals surface area (Å²) in [6, 6.07) is 16.5. The van der Waals surface area contributed by atoms with Gasteiger partial charge in [-0.15, -0.1) is 0 Å². The van der Waals surface area contributed by atoms with Gasteiger partial charge in [0, 0.05) is 13.0 Å². The second-order valence-electron chi connectivity index (χ2n) is 12.7. The molecule has 2 aromatic rings. The number of amides is 1. The Hall–Kier alpha value is -2.09. The fourth-order valence-electron chi connectivity index (χ4n) is 7.49. The van der Waals surface area contributed by atoms with E-state index >= 15 is 0 Å². The molecule has 214 valence electrons. The van der Waals surface area contributed by atoms with Crippen LogP contribution < -0.4 is 5.32 Å². The Morgan fingerprint density at radius 2 is 1.49 bits per heavy atom. The molecule has 2 aromatic carbocycles. The van der Waals surface area contributed by atoms with Crippen LogP contribution in [-0.2, 0) is 17.6 Å². The third-order valence-electron chi connectivity index (χ3n) is 10.1. The van der Waals surface area contributed by atoms with Crippen molar-refractivity contribution < 1.29 is 4.79 Å². The van der Waals surface area contributed by atoms with E-state index in [1.807, 2.05) is 6.92 Å². The summed E-state index contributed by atoms with van der Waals surface area (Å²) in [7, 11) is 0. The molecule has 0 bridgehead atoms. The molecule has 0 radical (unpaired) electrons. The Morgan fingerprint density at radius 3 is 2.13 bits per heavy atom. The molecule has 2 fully saturated rings. The summed E-state index contributed by atoms with van der Waals surface area (Å²) < 4.78 is 0. The van der Waals surface area contributed by atoms with Gasteiger partial charge >= 0.3 is 0 Å². The molecule has 4 rings (SSSR count). The minimum absolute atomic E-state index is 0.143. The van der Waals surface area contributed by atoms with Crippen molar-refractivity contribution >= 4 is 5.91 Å². The first-order valence-corrected chi connectivity index (χ1v) is 16.6. The van der Waals surface area contributed by atoms with E-state index in [2.05, 4.69) is 61.6 Å². The Bertz CT molecular complexity index is 993. The lowest BCUT2D eigenvalue weighted by Crippen LogP contribution is -2.25. The Balaban J connectivity index is 1.27. The van der Waals surface area contributed by atoms with Crippen LogP contribution in [0.4, 0.5) is 0 Å². The highest BCUT2D eigenvalue weighted by atomic mass is 16.1. The standard InChI is InChI=1S/C37H55NO/c1-4-7-8-10-28-12-16-31(17-13-28)32-20-22-33(23-21-32)35-24-25-36(30(5-2)27-35)34-18-14-29(15-19-34)11-9-26-38-37(39)6-3/h14-15,18-19,24-25,27-28,31-33H,4-13,16-17,20-23,26H2,1-3H3,(H,38,39). The van der Waals surface area contributed by atoms with Gasteiger partial charge in [-0.25, -0.2) is 0 Å². The third kappa shape index (κ3) is 8.70. The van der Waals surface area contributed by atoms with Crippen LogP contribution in [0.3, 0.4) is 0 Å². The molecular formula is C37H55NO. The Morgan fingerprint density at radius 1 is 0.795 bits per heavy atom. The number of carbonyl (C=O) groups excluding carboxylic acids is 1. The van der Waals surface area contributed by atoms with Crippen molar-refractivity contribution in [3.8, 4) is 11.1 Å². The highest BCUT2D eigenvalue weighted by molar-refractivity contribution is 5.75. The number of benzene rings is 2. The van der Waals surface area contributed by atoms with Gasteiger partial charge in [-0.05, 0) is 109 Å². The maximum atomic E-state index is 11.4. The first-order chi connectivity index (χ1) is 19.1. The normalized spacial score (nSPS) is 23.5. The largest absolute Gasteiger partial charge is 0.356 e. The average molecular weight is 530 g/mol. The molecule has 0 saturated heterocycles. The summed E-state index contributed by atoms with van der Waals surface area (Å²) in [5.41, 5.74) is 7.15. The first kappa shape index (κ1) is 29.9. The van der Waals surface area contributed by atoms with Crippen LogP contribution in [0.1, 0.15) is 133 Å². The number of carbonyl (C=O) groups is 1.